The maximum absolute atomic E-state index is 12.4. The van der Waals surface area contributed by atoms with Crippen molar-refractivity contribution in [2.75, 3.05) is 39.3 Å². The monoisotopic (exact) mass is 295 g/mol. The van der Waals surface area contributed by atoms with Crippen LogP contribution < -0.4 is 5.32 Å². The van der Waals surface area contributed by atoms with E-state index in [0.29, 0.717) is 30.6 Å². The van der Waals surface area contributed by atoms with Crippen molar-refractivity contribution >= 4 is 5.91 Å². The van der Waals surface area contributed by atoms with Gasteiger partial charge in [0.05, 0.1) is 12.2 Å². The van der Waals surface area contributed by atoms with Crippen molar-refractivity contribution in [3.63, 3.8) is 0 Å². The molecule has 21 heavy (non-hydrogen) atoms. The van der Waals surface area contributed by atoms with Crippen molar-refractivity contribution in [1.82, 2.24) is 15.1 Å². The third-order valence-corrected chi connectivity index (χ3v) is 5.18. The minimum absolute atomic E-state index is 0.315. The van der Waals surface area contributed by atoms with Crippen LogP contribution in [-0.4, -0.2) is 73.2 Å². The number of piperazine rings is 1. The molecule has 0 radical (unpaired) electrons. The molecule has 1 amide bonds. The van der Waals surface area contributed by atoms with E-state index < -0.39 is 0 Å². The van der Waals surface area contributed by atoms with Gasteiger partial charge in [-0.1, -0.05) is 0 Å². The lowest BCUT2D eigenvalue weighted by atomic mass is 10.1. The molecule has 5 nitrogen and oxygen atoms in total. The first-order valence-electron chi connectivity index (χ1n) is 8.60. The fourth-order valence-electron chi connectivity index (χ4n) is 3.85. The molecule has 5 heteroatoms. The Bertz CT molecular complexity index is 357. The van der Waals surface area contributed by atoms with Gasteiger partial charge in [-0.2, -0.15) is 0 Å². The fraction of sp³-hybridized carbons (Fsp3) is 0.938. The number of carbonyl (C=O) groups excluding carboxylic acids is 1. The number of hydrogen-bond acceptors (Lipinski definition) is 4. The van der Waals surface area contributed by atoms with E-state index in [0.717, 1.165) is 65.0 Å². The van der Waals surface area contributed by atoms with Gasteiger partial charge in [0.15, 0.2) is 0 Å². The van der Waals surface area contributed by atoms with Crippen LogP contribution in [0.2, 0.25) is 0 Å². The highest BCUT2D eigenvalue weighted by Crippen LogP contribution is 2.24. The summed E-state index contributed by atoms with van der Waals surface area (Å²) < 4.78 is 5.80. The van der Waals surface area contributed by atoms with Gasteiger partial charge in [0.25, 0.3) is 0 Å². The van der Waals surface area contributed by atoms with Gasteiger partial charge in [-0.05, 0) is 32.6 Å². The average Bonchev–Trinajstić information content (AvgIpc) is 3.15. The van der Waals surface area contributed by atoms with Crippen LogP contribution in [0.5, 0.6) is 0 Å². The van der Waals surface area contributed by atoms with Crippen LogP contribution in [0.4, 0.5) is 0 Å². The molecule has 0 aliphatic carbocycles. The smallest absolute Gasteiger partial charge is 0.222 e. The molecular formula is C16H29N3O2. The topological polar surface area (TPSA) is 44.8 Å². The Balaban J connectivity index is 1.39. The Morgan fingerprint density at radius 1 is 1.19 bits per heavy atom. The average molecular weight is 295 g/mol. The van der Waals surface area contributed by atoms with Crippen LogP contribution >= 0.6 is 0 Å². The largest absolute Gasteiger partial charge is 0.375 e. The third-order valence-electron chi connectivity index (χ3n) is 5.18. The van der Waals surface area contributed by atoms with Gasteiger partial charge >= 0.3 is 0 Å². The second-order valence-corrected chi connectivity index (χ2v) is 6.75. The van der Waals surface area contributed by atoms with Gasteiger partial charge in [-0.3, -0.25) is 9.69 Å². The molecule has 3 unspecified atom stereocenters. The van der Waals surface area contributed by atoms with Crippen molar-refractivity contribution in [3.05, 3.63) is 0 Å². The van der Waals surface area contributed by atoms with Gasteiger partial charge in [0.1, 0.15) is 0 Å². The minimum atomic E-state index is 0.315. The van der Waals surface area contributed by atoms with E-state index in [1.165, 1.54) is 0 Å². The van der Waals surface area contributed by atoms with Gasteiger partial charge < -0.3 is 15.0 Å². The van der Waals surface area contributed by atoms with Crippen molar-refractivity contribution in [2.45, 2.75) is 57.3 Å². The molecule has 3 atom stereocenters. The molecule has 0 bridgehead atoms. The van der Waals surface area contributed by atoms with E-state index in [2.05, 4.69) is 22.0 Å². The summed E-state index contributed by atoms with van der Waals surface area (Å²) in [6, 6.07) is 0.582. The maximum Gasteiger partial charge on any atom is 0.222 e. The number of amides is 1. The Labute approximate surface area is 128 Å². The summed E-state index contributed by atoms with van der Waals surface area (Å²) in [5, 5.41) is 3.39. The summed E-state index contributed by atoms with van der Waals surface area (Å²) in [7, 11) is 0. The first-order chi connectivity index (χ1) is 10.2. The summed E-state index contributed by atoms with van der Waals surface area (Å²) >= 11 is 0. The van der Waals surface area contributed by atoms with Crippen molar-refractivity contribution < 1.29 is 9.53 Å². The van der Waals surface area contributed by atoms with Crippen LogP contribution in [-0.2, 0) is 9.53 Å². The summed E-state index contributed by atoms with van der Waals surface area (Å²) in [6.07, 6.45) is 5.67. The fourth-order valence-corrected chi connectivity index (χ4v) is 3.85. The molecule has 0 spiro atoms. The molecule has 0 aromatic heterocycles. The molecular weight excluding hydrogens is 266 g/mol. The third kappa shape index (κ3) is 3.96. The van der Waals surface area contributed by atoms with Gasteiger partial charge in [-0.25, -0.2) is 0 Å². The zero-order valence-corrected chi connectivity index (χ0v) is 13.2. The highest BCUT2D eigenvalue weighted by molar-refractivity contribution is 5.76. The van der Waals surface area contributed by atoms with E-state index >= 15 is 0 Å². The van der Waals surface area contributed by atoms with Crippen LogP contribution in [0.25, 0.3) is 0 Å². The summed E-state index contributed by atoms with van der Waals surface area (Å²) in [4.78, 5) is 17.0. The molecule has 0 aromatic rings. The minimum Gasteiger partial charge on any atom is -0.375 e. The van der Waals surface area contributed by atoms with E-state index in [-0.39, 0.29) is 0 Å². The van der Waals surface area contributed by atoms with Gasteiger partial charge in [0.2, 0.25) is 5.91 Å². The van der Waals surface area contributed by atoms with Crippen molar-refractivity contribution in [1.29, 1.82) is 0 Å². The highest BCUT2D eigenvalue weighted by atomic mass is 16.5. The number of nitrogens with zero attached hydrogens (tertiary/aromatic N) is 2. The Kier molecular flexibility index (Phi) is 5.14. The zero-order valence-electron chi connectivity index (χ0n) is 13.2. The lowest BCUT2D eigenvalue weighted by Crippen LogP contribution is -2.49. The molecule has 3 fully saturated rings. The maximum atomic E-state index is 12.4. The molecule has 3 aliphatic heterocycles. The second kappa shape index (κ2) is 7.07. The predicted molar refractivity (Wildman–Crippen MR) is 82.2 cm³/mol. The quantitative estimate of drug-likeness (QED) is 0.835. The number of rotatable bonds is 4. The normalized spacial score (nSPS) is 34.5. The molecule has 120 valence electrons. The SMILES string of the molecule is CC1CCC(CCC(=O)N2CCC(N3CCNCC3)C2)O1. The van der Waals surface area contributed by atoms with E-state index in [9.17, 15) is 4.79 Å². The highest BCUT2D eigenvalue weighted by Gasteiger charge is 2.31. The zero-order chi connectivity index (χ0) is 14.7. The number of hydrogen-bond donors (Lipinski definition) is 1. The van der Waals surface area contributed by atoms with E-state index in [1.807, 2.05) is 0 Å². The standard InChI is InChI=1S/C16H29N3O2/c1-13-2-3-15(21-13)4-5-16(20)19-9-6-14(12-19)18-10-7-17-8-11-18/h13-15,17H,2-12H2,1H3. The number of ether oxygens (including phenoxy) is 1. The summed E-state index contributed by atoms with van der Waals surface area (Å²) in [5.41, 5.74) is 0. The molecule has 3 heterocycles. The van der Waals surface area contributed by atoms with Crippen LogP contribution in [0.3, 0.4) is 0 Å². The van der Waals surface area contributed by atoms with Crippen molar-refractivity contribution in [3.8, 4) is 0 Å². The predicted octanol–water partition coefficient (Wildman–Crippen LogP) is 0.840. The first-order valence-corrected chi connectivity index (χ1v) is 8.60. The molecule has 0 saturated carbocycles. The van der Waals surface area contributed by atoms with Gasteiger partial charge in [0, 0.05) is 51.7 Å². The summed E-state index contributed by atoms with van der Waals surface area (Å²) in [5.74, 6) is 0.329. The molecule has 0 aromatic carbocycles. The number of likely N-dealkylation sites (tertiary alicyclic amines) is 1. The Morgan fingerprint density at radius 2 is 2.00 bits per heavy atom. The summed E-state index contributed by atoms with van der Waals surface area (Å²) in [6.45, 7) is 8.42. The first kappa shape index (κ1) is 15.3. The van der Waals surface area contributed by atoms with Gasteiger partial charge in [-0.15, -0.1) is 0 Å². The molecule has 1 N–H and O–H groups in total. The number of carbonyl (C=O) groups is 1. The van der Waals surface area contributed by atoms with Crippen LogP contribution in [0.15, 0.2) is 0 Å². The Hall–Kier alpha value is -0.650. The van der Waals surface area contributed by atoms with Crippen LogP contribution in [0, 0.1) is 0 Å². The molecule has 3 aliphatic rings. The Morgan fingerprint density at radius 3 is 2.71 bits per heavy atom. The second-order valence-electron chi connectivity index (χ2n) is 6.75. The van der Waals surface area contributed by atoms with Crippen LogP contribution in [0.1, 0.15) is 39.0 Å². The van der Waals surface area contributed by atoms with E-state index in [4.69, 9.17) is 4.74 Å². The number of nitrogens with one attached hydrogen (secondary N) is 1. The molecule has 3 rings (SSSR count). The lowest BCUT2D eigenvalue weighted by Gasteiger charge is -2.32. The van der Waals surface area contributed by atoms with Crippen molar-refractivity contribution in [2.24, 2.45) is 0 Å². The van der Waals surface area contributed by atoms with E-state index in [1.54, 1.807) is 0 Å². The molecule has 3 saturated heterocycles. The lowest BCUT2D eigenvalue weighted by molar-refractivity contribution is -0.131.